The molecule has 114 valence electrons. The van der Waals surface area contributed by atoms with E-state index in [1.807, 2.05) is 12.1 Å². The standard InChI is InChI=1S/C17H25N3O/c1-13-3-4-15(11-14(13)2)18-17(21)12-19-7-9-20(10-8-19)16-5-6-16/h3-4,11,16H,5-10,12H2,1-2H3,(H,18,21). The van der Waals surface area contributed by atoms with Crippen molar-refractivity contribution >= 4 is 11.6 Å². The van der Waals surface area contributed by atoms with Crippen molar-refractivity contribution in [2.45, 2.75) is 32.7 Å². The number of rotatable bonds is 4. The molecule has 0 aromatic heterocycles. The predicted octanol–water partition coefficient (Wildman–Crippen LogP) is 2.02. The lowest BCUT2D eigenvalue weighted by molar-refractivity contribution is -0.117. The number of anilines is 1. The van der Waals surface area contributed by atoms with E-state index in [0.717, 1.165) is 37.9 Å². The average Bonchev–Trinajstić information content (AvgIpc) is 3.28. The summed E-state index contributed by atoms with van der Waals surface area (Å²) in [4.78, 5) is 17.0. The van der Waals surface area contributed by atoms with Crippen LogP contribution in [0.1, 0.15) is 24.0 Å². The highest BCUT2D eigenvalue weighted by Gasteiger charge is 2.31. The van der Waals surface area contributed by atoms with E-state index in [1.165, 1.54) is 24.0 Å². The Kier molecular flexibility index (Phi) is 4.27. The number of hydrogen-bond donors (Lipinski definition) is 1. The predicted molar refractivity (Wildman–Crippen MR) is 85.6 cm³/mol. The molecule has 1 aliphatic carbocycles. The quantitative estimate of drug-likeness (QED) is 0.920. The zero-order valence-corrected chi connectivity index (χ0v) is 13.1. The molecule has 4 heteroatoms. The van der Waals surface area contributed by atoms with Crippen LogP contribution in [-0.4, -0.2) is 54.5 Å². The van der Waals surface area contributed by atoms with Crippen molar-refractivity contribution in [3.8, 4) is 0 Å². The van der Waals surface area contributed by atoms with Crippen molar-refractivity contribution in [3.63, 3.8) is 0 Å². The van der Waals surface area contributed by atoms with Crippen LogP contribution >= 0.6 is 0 Å². The zero-order valence-electron chi connectivity index (χ0n) is 13.1. The van der Waals surface area contributed by atoms with Crippen LogP contribution in [0.25, 0.3) is 0 Å². The van der Waals surface area contributed by atoms with Gasteiger partial charge in [0, 0.05) is 37.9 Å². The summed E-state index contributed by atoms with van der Waals surface area (Å²) in [7, 11) is 0. The van der Waals surface area contributed by atoms with Crippen molar-refractivity contribution in [1.82, 2.24) is 9.80 Å². The molecule has 3 rings (SSSR count). The highest BCUT2D eigenvalue weighted by Crippen LogP contribution is 2.27. The molecule has 1 aromatic rings. The average molecular weight is 287 g/mol. The Morgan fingerprint density at radius 2 is 1.86 bits per heavy atom. The van der Waals surface area contributed by atoms with Crippen molar-refractivity contribution in [2.24, 2.45) is 0 Å². The minimum Gasteiger partial charge on any atom is -0.325 e. The molecule has 21 heavy (non-hydrogen) atoms. The number of hydrogen-bond acceptors (Lipinski definition) is 3. The topological polar surface area (TPSA) is 35.6 Å². The van der Waals surface area contributed by atoms with Gasteiger partial charge >= 0.3 is 0 Å². The van der Waals surface area contributed by atoms with Crippen LogP contribution in [0.15, 0.2) is 18.2 Å². The van der Waals surface area contributed by atoms with E-state index in [-0.39, 0.29) is 5.91 Å². The summed E-state index contributed by atoms with van der Waals surface area (Å²) >= 11 is 0. The Morgan fingerprint density at radius 3 is 2.48 bits per heavy atom. The first-order chi connectivity index (χ1) is 10.1. The van der Waals surface area contributed by atoms with E-state index in [0.29, 0.717) is 6.54 Å². The molecule has 1 heterocycles. The van der Waals surface area contributed by atoms with Gasteiger partial charge in [-0.25, -0.2) is 0 Å². The van der Waals surface area contributed by atoms with Crippen LogP contribution in [0.4, 0.5) is 5.69 Å². The fourth-order valence-corrected chi connectivity index (χ4v) is 2.95. The summed E-state index contributed by atoms with van der Waals surface area (Å²) in [6, 6.07) is 6.92. The molecule has 1 aromatic carbocycles. The van der Waals surface area contributed by atoms with E-state index in [4.69, 9.17) is 0 Å². The maximum atomic E-state index is 12.1. The van der Waals surface area contributed by atoms with Gasteiger partial charge in [0.15, 0.2) is 0 Å². The van der Waals surface area contributed by atoms with Gasteiger partial charge in [0.1, 0.15) is 0 Å². The fraction of sp³-hybridized carbons (Fsp3) is 0.588. The molecule has 0 atom stereocenters. The van der Waals surface area contributed by atoms with E-state index in [2.05, 4.69) is 35.0 Å². The number of benzene rings is 1. The third-order valence-electron chi connectivity index (χ3n) is 4.63. The van der Waals surface area contributed by atoms with Gasteiger partial charge in [0.05, 0.1) is 6.54 Å². The second-order valence-corrected chi connectivity index (χ2v) is 6.39. The molecule has 0 unspecified atom stereocenters. The lowest BCUT2D eigenvalue weighted by atomic mass is 10.1. The monoisotopic (exact) mass is 287 g/mol. The van der Waals surface area contributed by atoms with Crippen LogP contribution in [0, 0.1) is 13.8 Å². The smallest absolute Gasteiger partial charge is 0.238 e. The number of piperazine rings is 1. The highest BCUT2D eigenvalue weighted by atomic mass is 16.2. The van der Waals surface area contributed by atoms with Gasteiger partial charge in [-0.1, -0.05) is 6.07 Å². The molecule has 0 bridgehead atoms. The largest absolute Gasteiger partial charge is 0.325 e. The normalized spacial score (nSPS) is 20.5. The molecule has 1 amide bonds. The van der Waals surface area contributed by atoms with Gasteiger partial charge < -0.3 is 5.32 Å². The molecule has 1 aliphatic heterocycles. The molecule has 1 saturated carbocycles. The fourth-order valence-electron chi connectivity index (χ4n) is 2.95. The van der Waals surface area contributed by atoms with E-state index in [1.54, 1.807) is 0 Å². The highest BCUT2D eigenvalue weighted by molar-refractivity contribution is 5.92. The Bertz CT molecular complexity index is 517. The number of nitrogens with zero attached hydrogens (tertiary/aromatic N) is 2. The number of carbonyl (C=O) groups excluding carboxylic acids is 1. The van der Waals surface area contributed by atoms with Gasteiger partial charge in [-0.3, -0.25) is 14.6 Å². The molecule has 1 N–H and O–H groups in total. The van der Waals surface area contributed by atoms with Crippen LogP contribution in [0.5, 0.6) is 0 Å². The summed E-state index contributed by atoms with van der Waals surface area (Å²) < 4.78 is 0. The van der Waals surface area contributed by atoms with E-state index < -0.39 is 0 Å². The summed E-state index contributed by atoms with van der Waals surface area (Å²) in [5, 5.41) is 3.01. The Morgan fingerprint density at radius 1 is 1.14 bits per heavy atom. The van der Waals surface area contributed by atoms with Crippen LogP contribution < -0.4 is 5.32 Å². The van der Waals surface area contributed by atoms with Crippen molar-refractivity contribution in [3.05, 3.63) is 29.3 Å². The third kappa shape index (κ3) is 3.83. The Balaban J connectivity index is 1.46. The minimum absolute atomic E-state index is 0.0955. The van der Waals surface area contributed by atoms with Crippen LogP contribution in [-0.2, 0) is 4.79 Å². The maximum absolute atomic E-state index is 12.1. The zero-order chi connectivity index (χ0) is 14.8. The van der Waals surface area contributed by atoms with Crippen molar-refractivity contribution in [1.29, 1.82) is 0 Å². The molecule has 2 aliphatic rings. The first-order valence-electron chi connectivity index (χ1n) is 7.95. The maximum Gasteiger partial charge on any atom is 0.238 e. The first-order valence-corrected chi connectivity index (χ1v) is 7.95. The van der Waals surface area contributed by atoms with E-state index in [9.17, 15) is 4.79 Å². The van der Waals surface area contributed by atoms with E-state index >= 15 is 0 Å². The first kappa shape index (κ1) is 14.5. The minimum atomic E-state index is 0.0955. The summed E-state index contributed by atoms with van der Waals surface area (Å²) in [5.41, 5.74) is 3.37. The van der Waals surface area contributed by atoms with Gasteiger partial charge in [-0.05, 0) is 49.9 Å². The summed E-state index contributed by atoms with van der Waals surface area (Å²) in [6.45, 7) is 8.91. The van der Waals surface area contributed by atoms with Crippen molar-refractivity contribution in [2.75, 3.05) is 38.0 Å². The van der Waals surface area contributed by atoms with Gasteiger partial charge in [0.25, 0.3) is 0 Å². The lowest BCUT2D eigenvalue weighted by Crippen LogP contribution is -2.49. The molecule has 0 radical (unpaired) electrons. The SMILES string of the molecule is Cc1ccc(NC(=O)CN2CCN(C3CC3)CC2)cc1C. The number of carbonyl (C=O) groups is 1. The van der Waals surface area contributed by atoms with Crippen LogP contribution in [0.3, 0.4) is 0 Å². The second kappa shape index (κ2) is 6.16. The Labute approximate surface area is 127 Å². The van der Waals surface area contributed by atoms with Gasteiger partial charge in [0.2, 0.25) is 5.91 Å². The molecule has 0 spiro atoms. The molecule has 4 nitrogen and oxygen atoms in total. The molecular weight excluding hydrogens is 262 g/mol. The lowest BCUT2D eigenvalue weighted by Gasteiger charge is -2.34. The third-order valence-corrected chi connectivity index (χ3v) is 4.63. The Hall–Kier alpha value is -1.39. The second-order valence-electron chi connectivity index (χ2n) is 6.39. The summed E-state index contributed by atoms with van der Waals surface area (Å²) in [5.74, 6) is 0.0955. The number of aryl methyl sites for hydroxylation is 2. The number of nitrogens with one attached hydrogen (secondary N) is 1. The summed E-state index contributed by atoms with van der Waals surface area (Å²) in [6.07, 6.45) is 2.74. The molecule has 2 fully saturated rings. The van der Waals surface area contributed by atoms with Crippen LogP contribution in [0.2, 0.25) is 0 Å². The van der Waals surface area contributed by atoms with Gasteiger partial charge in [-0.2, -0.15) is 0 Å². The number of amides is 1. The van der Waals surface area contributed by atoms with Gasteiger partial charge in [-0.15, -0.1) is 0 Å². The van der Waals surface area contributed by atoms with Crippen molar-refractivity contribution < 1.29 is 4.79 Å². The molecular formula is C17H25N3O. The molecule has 1 saturated heterocycles.